The van der Waals surface area contributed by atoms with E-state index >= 15 is 0 Å². The Balaban J connectivity index is 1.47. The van der Waals surface area contributed by atoms with Gasteiger partial charge in [0, 0.05) is 16.6 Å². The fourth-order valence-corrected chi connectivity index (χ4v) is 4.89. The number of nitrogens with zero attached hydrogens (tertiary/aromatic N) is 3. The maximum atomic E-state index is 13.4. The lowest BCUT2D eigenvalue weighted by Gasteiger charge is -2.12. The summed E-state index contributed by atoms with van der Waals surface area (Å²) in [5, 5.41) is 7.90. The van der Waals surface area contributed by atoms with Crippen LogP contribution in [0.1, 0.15) is 56.6 Å². The van der Waals surface area contributed by atoms with E-state index in [1.807, 2.05) is 0 Å². The molecule has 8 nitrogen and oxygen atoms in total. The molecule has 5 rings (SSSR count). The number of primary amides is 1. The third-order valence-corrected chi connectivity index (χ3v) is 6.88. The molecule has 1 fully saturated rings. The highest BCUT2D eigenvalue weighted by atomic mass is 35.5. The molecule has 12 heteroatoms. The molecule has 0 radical (unpaired) electrons. The molecule has 0 aliphatic heterocycles. The first-order valence-corrected chi connectivity index (χ1v) is 11.8. The molecular weight excluding hydrogens is 500 g/mol. The number of aromatic nitrogens is 3. The number of carbonyl (C=O) groups excluding carboxylic acids is 2. The Morgan fingerprint density at radius 3 is 2.66 bits per heavy atom. The number of fused-ring (bicyclic) bond motifs is 1. The number of anilines is 1. The Labute approximate surface area is 206 Å². The molecule has 35 heavy (non-hydrogen) atoms. The van der Waals surface area contributed by atoms with E-state index in [1.165, 1.54) is 23.0 Å². The van der Waals surface area contributed by atoms with Gasteiger partial charge in [0.15, 0.2) is 6.73 Å². The van der Waals surface area contributed by atoms with Gasteiger partial charge in [0.05, 0.1) is 5.69 Å². The minimum atomic E-state index is -2.76. The van der Waals surface area contributed by atoms with E-state index in [4.69, 9.17) is 22.1 Å². The molecule has 0 spiro atoms. The van der Waals surface area contributed by atoms with Gasteiger partial charge < -0.3 is 15.8 Å². The summed E-state index contributed by atoms with van der Waals surface area (Å²) < 4.78 is 33.9. The third kappa shape index (κ3) is 4.69. The number of amides is 2. The second kappa shape index (κ2) is 9.23. The summed E-state index contributed by atoms with van der Waals surface area (Å²) in [6.07, 6.45) is 0.328. The summed E-state index contributed by atoms with van der Waals surface area (Å²) in [6, 6.07) is 9.55. The number of hydrogen-bond acceptors (Lipinski definition) is 6. The number of rotatable bonds is 8. The fourth-order valence-electron chi connectivity index (χ4n) is 3.74. The lowest BCUT2D eigenvalue weighted by atomic mass is 10.0. The summed E-state index contributed by atoms with van der Waals surface area (Å²) in [7, 11) is 0. The quantitative estimate of drug-likeness (QED) is 0.327. The van der Waals surface area contributed by atoms with Gasteiger partial charge in [0.25, 0.3) is 18.2 Å². The number of pyridine rings is 1. The van der Waals surface area contributed by atoms with Crippen molar-refractivity contribution in [3.05, 3.63) is 69.4 Å². The van der Waals surface area contributed by atoms with Gasteiger partial charge in [-0.15, -0.1) is 11.3 Å². The van der Waals surface area contributed by atoms with Crippen LogP contribution in [-0.4, -0.2) is 26.6 Å². The largest absolute Gasteiger partial charge is 0.471 e. The molecule has 2 amide bonds. The van der Waals surface area contributed by atoms with Gasteiger partial charge in [0.1, 0.15) is 26.8 Å². The van der Waals surface area contributed by atoms with Gasteiger partial charge in [-0.05, 0) is 60.7 Å². The van der Waals surface area contributed by atoms with E-state index in [1.54, 1.807) is 24.3 Å². The highest BCUT2D eigenvalue weighted by Gasteiger charge is 2.32. The Bertz CT molecular complexity index is 1430. The number of thiophene rings is 1. The number of hydrogen-bond donors (Lipinski definition) is 2. The number of halogens is 3. The van der Waals surface area contributed by atoms with E-state index in [-0.39, 0.29) is 39.4 Å². The van der Waals surface area contributed by atoms with Crippen LogP contribution in [0.15, 0.2) is 42.6 Å². The smallest absolute Gasteiger partial charge is 0.280 e. The molecule has 0 unspecified atom stereocenters. The first kappa shape index (κ1) is 23.2. The highest BCUT2D eigenvalue weighted by molar-refractivity contribution is 7.21. The van der Waals surface area contributed by atoms with Crippen LogP contribution >= 0.6 is 22.9 Å². The summed E-state index contributed by atoms with van der Waals surface area (Å²) in [4.78, 5) is 29.7. The van der Waals surface area contributed by atoms with Crippen LogP contribution in [0.3, 0.4) is 0 Å². The molecule has 4 aromatic rings. The van der Waals surface area contributed by atoms with Gasteiger partial charge in [-0.1, -0.05) is 11.6 Å². The Kier molecular flexibility index (Phi) is 6.12. The minimum absolute atomic E-state index is 0.0395. The molecule has 1 saturated carbocycles. The van der Waals surface area contributed by atoms with Crippen LogP contribution in [-0.2, 0) is 6.73 Å². The van der Waals surface area contributed by atoms with Crippen LogP contribution in [0.25, 0.3) is 10.2 Å². The number of carbonyl (C=O) groups is 2. The molecule has 3 N–H and O–H groups in total. The Morgan fingerprint density at radius 1 is 1.26 bits per heavy atom. The molecule has 1 aliphatic rings. The molecule has 1 aliphatic carbocycles. The van der Waals surface area contributed by atoms with Crippen molar-refractivity contribution in [1.29, 1.82) is 0 Å². The monoisotopic (exact) mass is 517 g/mol. The first-order chi connectivity index (χ1) is 16.8. The SMILES string of the molecule is NC(=O)c1sc2nc(C(F)F)cc(C3CC3)c2c1NC(=O)c1ccnn1COc1ccc(Cl)cc1. The minimum Gasteiger partial charge on any atom is -0.471 e. The lowest BCUT2D eigenvalue weighted by Crippen LogP contribution is -2.21. The number of nitrogens with one attached hydrogen (secondary N) is 1. The Hall–Kier alpha value is -3.57. The third-order valence-electron chi connectivity index (χ3n) is 5.53. The second-order valence-electron chi connectivity index (χ2n) is 7.96. The molecule has 3 aromatic heterocycles. The van der Waals surface area contributed by atoms with Gasteiger partial charge >= 0.3 is 0 Å². The first-order valence-electron chi connectivity index (χ1n) is 10.6. The van der Waals surface area contributed by atoms with E-state index in [0.717, 1.165) is 24.2 Å². The zero-order valence-electron chi connectivity index (χ0n) is 18.0. The van der Waals surface area contributed by atoms with Crippen LogP contribution in [0.4, 0.5) is 14.5 Å². The molecule has 0 bridgehead atoms. The van der Waals surface area contributed by atoms with Gasteiger partial charge in [-0.3, -0.25) is 9.59 Å². The van der Waals surface area contributed by atoms with E-state index in [0.29, 0.717) is 21.7 Å². The predicted octanol–water partition coefficient (Wildman–Crippen LogP) is 5.35. The van der Waals surface area contributed by atoms with Gasteiger partial charge in [-0.25, -0.2) is 18.4 Å². The van der Waals surface area contributed by atoms with Crippen LogP contribution in [0.5, 0.6) is 5.75 Å². The number of ether oxygens (including phenoxy) is 1. The van der Waals surface area contributed by atoms with E-state index in [9.17, 15) is 18.4 Å². The average molecular weight is 518 g/mol. The molecule has 0 saturated heterocycles. The molecular formula is C23H18ClF2N5O3S. The lowest BCUT2D eigenvalue weighted by molar-refractivity contribution is 0.100. The van der Waals surface area contributed by atoms with Gasteiger partial charge in [0.2, 0.25) is 0 Å². The van der Waals surface area contributed by atoms with Crippen molar-refractivity contribution in [1.82, 2.24) is 14.8 Å². The second-order valence-corrected chi connectivity index (χ2v) is 9.39. The van der Waals surface area contributed by atoms with Crippen molar-refractivity contribution in [2.24, 2.45) is 5.73 Å². The summed E-state index contributed by atoms with van der Waals surface area (Å²) in [5.74, 6) is -0.763. The number of alkyl halides is 2. The average Bonchev–Trinajstić information content (AvgIpc) is 3.45. The van der Waals surface area contributed by atoms with Gasteiger partial charge in [-0.2, -0.15) is 5.10 Å². The normalized spacial score (nSPS) is 13.4. The summed E-state index contributed by atoms with van der Waals surface area (Å²) in [5.41, 5.74) is 6.16. The number of benzene rings is 1. The summed E-state index contributed by atoms with van der Waals surface area (Å²) in [6.45, 7) is -0.0585. The zero-order valence-corrected chi connectivity index (χ0v) is 19.6. The van der Waals surface area contributed by atoms with Crippen LogP contribution in [0, 0.1) is 0 Å². The predicted molar refractivity (Wildman–Crippen MR) is 127 cm³/mol. The number of nitrogens with two attached hydrogens (primary N) is 1. The molecule has 0 atom stereocenters. The molecule has 3 heterocycles. The van der Waals surface area contributed by atoms with E-state index < -0.39 is 18.2 Å². The van der Waals surface area contributed by atoms with Crippen molar-refractivity contribution in [3.63, 3.8) is 0 Å². The zero-order chi connectivity index (χ0) is 24.7. The van der Waals surface area contributed by atoms with Crippen molar-refractivity contribution in [2.45, 2.75) is 31.9 Å². The molecule has 1 aromatic carbocycles. The maximum Gasteiger partial charge on any atom is 0.280 e. The van der Waals surface area contributed by atoms with Crippen molar-refractivity contribution in [2.75, 3.05) is 5.32 Å². The fraction of sp³-hybridized carbons (Fsp3) is 0.217. The van der Waals surface area contributed by atoms with Crippen molar-refractivity contribution < 1.29 is 23.1 Å². The Morgan fingerprint density at radius 2 is 2.00 bits per heavy atom. The van der Waals surface area contributed by atoms with Crippen LogP contribution < -0.4 is 15.8 Å². The topological polar surface area (TPSA) is 112 Å². The van der Waals surface area contributed by atoms with Crippen molar-refractivity contribution in [3.8, 4) is 5.75 Å². The highest BCUT2D eigenvalue weighted by Crippen LogP contribution is 2.48. The molecule has 180 valence electrons. The van der Waals surface area contributed by atoms with E-state index in [2.05, 4.69) is 15.4 Å². The summed E-state index contributed by atoms with van der Waals surface area (Å²) >= 11 is 6.76. The van der Waals surface area contributed by atoms with Crippen LogP contribution in [0.2, 0.25) is 5.02 Å². The maximum absolute atomic E-state index is 13.4. The van der Waals surface area contributed by atoms with Crippen molar-refractivity contribution >= 4 is 50.7 Å². The standard InChI is InChI=1S/C23H18ClF2N5O3S/c24-12-3-5-13(6-4-12)34-10-31-16(7-8-28-31)22(33)30-18-17-14(11-1-2-11)9-15(20(25)26)29-23(17)35-19(18)21(27)32/h3-9,11,20H,1-2,10H2,(H2,27,32)(H,30,33).